The van der Waals surface area contributed by atoms with Crippen LogP contribution >= 0.6 is 0 Å². The molecule has 0 aromatic carbocycles. The van der Waals surface area contributed by atoms with Crippen LogP contribution in [0, 0.1) is 12.7 Å². The van der Waals surface area contributed by atoms with Gasteiger partial charge in [-0.1, -0.05) is 0 Å². The third kappa shape index (κ3) is 3.91. The topological polar surface area (TPSA) is 92.4 Å². The van der Waals surface area contributed by atoms with Gasteiger partial charge in [-0.15, -0.1) is 0 Å². The van der Waals surface area contributed by atoms with Crippen molar-refractivity contribution in [3.63, 3.8) is 0 Å². The standard InChI is InChI=1S/C23H27FN8O/c1-5-32-12-18-20(29-32)17(7-25-21(18)30-8-13(2)26-14(3)9-30)23(33)28-16-6-19(24)22-27-15(4)10-31(22)11-16/h6-7,10-14,26H,5,8-9H2,1-4H3,(H,28,33)/t13-,14+. The number of hydrogen-bond donors (Lipinski definition) is 2. The fourth-order valence-electron chi connectivity index (χ4n) is 4.57. The lowest BCUT2D eigenvalue weighted by atomic mass is 10.1. The first-order chi connectivity index (χ1) is 15.8. The van der Waals surface area contributed by atoms with E-state index in [9.17, 15) is 9.18 Å². The Morgan fingerprint density at radius 1 is 1.24 bits per heavy atom. The molecule has 2 N–H and O–H groups in total. The van der Waals surface area contributed by atoms with Gasteiger partial charge in [0.1, 0.15) is 11.3 Å². The first kappa shape index (κ1) is 21.3. The third-order valence-corrected chi connectivity index (χ3v) is 5.88. The lowest BCUT2D eigenvalue weighted by Crippen LogP contribution is -2.54. The van der Waals surface area contributed by atoms with Crippen LogP contribution in [0.4, 0.5) is 15.9 Å². The molecule has 33 heavy (non-hydrogen) atoms. The summed E-state index contributed by atoms with van der Waals surface area (Å²) in [6.45, 7) is 10.4. The number of piperazine rings is 1. The van der Waals surface area contributed by atoms with Gasteiger partial charge in [-0.3, -0.25) is 9.48 Å². The minimum Gasteiger partial charge on any atom is -0.353 e. The average molecular weight is 451 g/mol. The maximum Gasteiger partial charge on any atom is 0.259 e. The summed E-state index contributed by atoms with van der Waals surface area (Å²) in [7, 11) is 0. The fraction of sp³-hybridized carbons (Fsp3) is 0.391. The van der Waals surface area contributed by atoms with Crippen molar-refractivity contribution < 1.29 is 9.18 Å². The highest BCUT2D eigenvalue weighted by Crippen LogP contribution is 2.28. The van der Waals surface area contributed by atoms with E-state index in [1.165, 1.54) is 6.07 Å². The van der Waals surface area contributed by atoms with E-state index < -0.39 is 11.7 Å². The average Bonchev–Trinajstić information content (AvgIpc) is 3.35. The van der Waals surface area contributed by atoms with Crippen molar-refractivity contribution in [3.05, 3.63) is 47.9 Å². The second-order valence-electron chi connectivity index (χ2n) is 8.76. The Labute approximate surface area is 190 Å². The Balaban J connectivity index is 1.52. The summed E-state index contributed by atoms with van der Waals surface area (Å²) >= 11 is 0. The number of nitrogens with zero attached hydrogens (tertiary/aromatic N) is 6. The van der Waals surface area contributed by atoms with Crippen LogP contribution in [-0.4, -0.2) is 55.2 Å². The molecule has 5 heterocycles. The molecule has 0 saturated carbocycles. The highest BCUT2D eigenvalue weighted by atomic mass is 19.1. The van der Waals surface area contributed by atoms with Crippen LogP contribution in [0.1, 0.15) is 36.8 Å². The Bertz CT molecular complexity index is 1350. The lowest BCUT2D eigenvalue weighted by Gasteiger charge is -2.37. The molecule has 1 aliphatic heterocycles. The van der Waals surface area contributed by atoms with Crippen molar-refractivity contribution in [1.82, 2.24) is 29.5 Å². The minimum absolute atomic E-state index is 0.222. The highest BCUT2D eigenvalue weighted by molar-refractivity contribution is 6.13. The number of hydrogen-bond acceptors (Lipinski definition) is 6. The van der Waals surface area contributed by atoms with Crippen LogP contribution in [0.2, 0.25) is 0 Å². The van der Waals surface area contributed by atoms with Gasteiger partial charge >= 0.3 is 0 Å². The summed E-state index contributed by atoms with van der Waals surface area (Å²) in [4.78, 5) is 24.3. The van der Waals surface area contributed by atoms with Gasteiger partial charge in [0, 0.05) is 62.6 Å². The van der Waals surface area contributed by atoms with Crippen molar-refractivity contribution in [3.8, 4) is 0 Å². The summed E-state index contributed by atoms with van der Waals surface area (Å²) < 4.78 is 17.8. The Morgan fingerprint density at radius 3 is 2.73 bits per heavy atom. The first-order valence-electron chi connectivity index (χ1n) is 11.2. The number of pyridine rings is 2. The van der Waals surface area contributed by atoms with E-state index in [1.54, 1.807) is 29.9 Å². The van der Waals surface area contributed by atoms with Crippen LogP contribution in [0.5, 0.6) is 0 Å². The van der Waals surface area contributed by atoms with Crippen molar-refractivity contribution in [2.24, 2.45) is 0 Å². The number of rotatable bonds is 4. The highest BCUT2D eigenvalue weighted by Gasteiger charge is 2.26. The van der Waals surface area contributed by atoms with Gasteiger partial charge in [0.15, 0.2) is 11.5 Å². The Hall–Kier alpha value is -3.53. The molecule has 10 heteroatoms. The molecule has 0 radical (unpaired) electrons. The quantitative estimate of drug-likeness (QED) is 0.497. The fourth-order valence-corrected chi connectivity index (χ4v) is 4.57. The molecule has 0 unspecified atom stereocenters. The smallest absolute Gasteiger partial charge is 0.259 e. The number of nitrogens with one attached hydrogen (secondary N) is 2. The van der Waals surface area contributed by atoms with E-state index in [-0.39, 0.29) is 5.65 Å². The number of aryl methyl sites for hydroxylation is 2. The molecular formula is C23H27FN8O. The van der Waals surface area contributed by atoms with Gasteiger partial charge in [-0.05, 0) is 27.7 Å². The molecule has 1 aliphatic rings. The van der Waals surface area contributed by atoms with Crippen molar-refractivity contribution >= 4 is 34.0 Å². The summed E-state index contributed by atoms with van der Waals surface area (Å²) in [5, 5.41) is 11.8. The van der Waals surface area contributed by atoms with Crippen LogP contribution in [0.25, 0.3) is 16.6 Å². The number of carbonyl (C=O) groups is 1. The summed E-state index contributed by atoms with van der Waals surface area (Å²) in [5.74, 6) is -0.0717. The number of halogens is 1. The summed E-state index contributed by atoms with van der Waals surface area (Å²) in [6, 6.07) is 1.92. The molecule has 1 saturated heterocycles. The molecule has 4 aromatic rings. The summed E-state index contributed by atoms with van der Waals surface area (Å²) in [6.07, 6.45) is 6.85. The monoisotopic (exact) mass is 450 g/mol. The second-order valence-corrected chi connectivity index (χ2v) is 8.76. The molecule has 1 fully saturated rings. The third-order valence-electron chi connectivity index (χ3n) is 5.88. The number of anilines is 2. The number of fused-ring (bicyclic) bond motifs is 2. The molecule has 0 bridgehead atoms. The van der Waals surface area contributed by atoms with Gasteiger partial charge in [0.2, 0.25) is 0 Å². The first-order valence-corrected chi connectivity index (χ1v) is 11.2. The summed E-state index contributed by atoms with van der Waals surface area (Å²) in [5.41, 5.74) is 2.18. The zero-order valence-corrected chi connectivity index (χ0v) is 19.1. The molecule has 5 rings (SSSR count). The van der Waals surface area contributed by atoms with E-state index in [0.29, 0.717) is 41.1 Å². The lowest BCUT2D eigenvalue weighted by molar-refractivity contribution is 0.102. The van der Waals surface area contributed by atoms with Crippen LogP contribution in [0.15, 0.2) is 30.9 Å². The molecule has 0 aliphatic carbocycles. The zero-order chi connectivity index (χ0) is 23.3. The molecule has 2 atom stereocenters. The zero-order valence-electron chi connectivity index (χ0n) is 19.1. The van der Waals surface area contributed by atoms with Crippen LogP contribution < -0.4 is 15.5 Å². The van der Waals surface area contributed by atoms with E-state index in [4.69, 9.17) is 0 Å². The van der Waals surface area contributed by atoms with Crippen LogP contribution in [0.3, 0.4) is 0 Å². The molecule has 172 valence electrons. The van der Waals surface area contributed by atoms with E-state index in [1.807, 2.05) is 17.8 Å². The van der Waals surface area contributed by atoms with Gasteiger partial charge in [0.05, 0.1) is 22.3 Å². The normalized spacial score (nSPS) is 18.9. The number of amides is 1. The van der Waals surface area contributed by atoms with Gasteiger partial charge < -0.3 is 19.9 Å². The predicted molar refractivity (Wildman–Crippen MR) is 125 cm³/mol. The Morgan fingerprint density at radius 2 is 2.00 bits per heavy atom. The molecular weight excluding hydrogens is 423 g/mol. The van der Waals surface area contributed by atoms with Crippen molar-refractivity contribution in [1.29, 1.82) is 0 Å². The number of aromatic nitrogens is 5. The van der Waals surface area contributed by atoms with Gasteiger partial charge in [0.25, 0.3) is 5.91 Å². The van der Waals surface area contributed by atoms with E-state index in [0.717, 1.165) is 24.3 Å². The minimum atomic E-state index is -0.503. The van der Waals surface area contributed by atoms with Crippen molar-refractivity contribution in [2.75, 3.05) is 23.3 Å². The molecule has 1 amide bonds. The molecule has 0 spiro atoms. The van der Waals surface area contributed by atoms with Gasteiger partial charge in [-0.25, -0.2) is 14.4 Å². The van der Waals surface area contributed by atoms with E-state index in [2.05, 4.69) is 44.4 Å². The largest absolute Gasteiger partial charge is 0.353 e. The van der Waals surface area contributed by atoms with Crippen molar-refractivity contribution in [2.45, 2.75) is 46.3 Å². The molecule has 4 aromatic heterocycles. The Kier molecular flexibility index (Phi) is 5.24. The number of carbonyl (C=O) groups excluding carboxylic acids is 1. The number of imidazole rings is 1. The van der Waals surface area contributed by atoms with E-state index >= 15 is 0 Å². The van der Waals surface area contributed by atoms with Crippen LogP contribution in [-0.2, 0) is 6.54 Å². The SMILES string of the molecule is CCn1cc2c(N3C[C@@H](C)N[C@@H](C)C3)ncc(C(=O)Nc3cc(F)c4nc(C)cn4c3)c2n1. The maximum atomic E-state index is 14.5. The molecule has 9 nitrogen and oxygen atoms in total. The maximum absolute atomic E-state index is 14.5. The second kappa shape index (κ2) is 8.11. The predicted octanol–water partition coefficient (Wildman–Crippen LogP) is 2.99. The van der Waals surface area contributed by atoms with Gasteiger partial charge in [-0.2, -0.15) is 5.10 Å².